The molecule has 3 heteroatoms. The molecule has 120 valence electrons. The van der Waals surface area contributed by atoms with E-state index in [0.29, 0.717) is 12.1 Å². The third-order valence-corrected chi connectivity index (χ3v) is 3.65. The highest BCUT2D eigenvalue weighted by atomic mass is 16.5. The Morgan fingerprint density at radius 2 is 1.81 bits per heavy atom. The molecule has 1 rings (SSSR count). The highest BCUT2D eigenvalue weighted by Crippen LogP contribution is 2.17. The van der Waals surface area contributed by atoms with Crippen LogP contribution in [0, 0.1) is 6.92 Å². The number of hydrogen-bond donors (Lipinski definition) is 1. The minimum Gasteiger partial charge on any atom is -0.377 e. The van der Waals surface area contributed by atoms with Crippen molar-refractivity contribution in [2.45, 2.75) is 46.3 Å². The molecule has 1 aromatic carbocycles. The van der Waals surface area contributed by atoms with E-state index in [9.17, 15) is 0 Å². The minimum atomic E-state index is 0.320. The molecule has 1 atom stereocenters. The van der Waals surface area contributed by atoms with E-state index < -0.39 is 0 Å². The molecule has 0 aliphatic rings. The summed E-state index contributed by atoms with van der Waals surface area (Å²) >= 11 is 0. The molecule has 1 N–H and O–H groups in total. The molecular weight excluding hydrogens is 260 g/mol. The Bertz CT molecular complexity index is 375. The zero-order chi connectivity index (χ0) is 15.7. The summed E-state index contributed by atoms with van der Waals surface area (Å²) in [6.07, 6.45) is 1.44. The highest BCUT2D eigenvalue weighted by Gasteiger charge is 2.11. The number of hydrogen-bond acceptors (Lipinski definition) is 3. The van der Waals surface area contributed by atoms with Gasteiger partial charge in [0.1, 0.15) is 0 Å². The molecule has 0 saturated carbocycles. The van der Waals surface area contributed by atoms with Crippen molar-refractivity contribution in [1.82, 2.24) is 10.2 Å². The number of rotatable bonds is 10. The molecule has 0 aliphatic carbocycles. The van der Waals surface area contributed by atoms with Crippen molar-refractivity contribution >= 4 is 0 Å². The van der Waals surface area contributed by atoms with E-state index in [0.717, 1.165) is 32.7 Å². The van der Waals surface area contributed by atoms with Crippen LogP contribution in [0.2, 0.25) is 0 Å². The first-order valence-electron chi connectivity index (χ1n) is 8.13. The van der Waals surface area contributed by atoms with Gasteiger partial charge in [0.15, 0.2) is 0 Å². The average Bonchev–Trinajstić information content (AvgIpc) is 2.44. The van der Waals surface area contributed by atoms with E-state index in [4.69, 9.17) is 4.74 Å². The summed E-state index contributed by atoms with van der Waals surface area (Å²) in [5.74, 6) is 0. The number of nitrogens with one attached hydrogen (secondary N) is 1. The molecule has 0 spiro atoms. The zero-order valence-electron chi connectivity index (χ0n) is 14.4. The van der Waals surface area contributed by atoms with Crippen molar-refractivity contribution in [1.29, 1.82) is 0 Å². The Labute approximate surface area is 130 Å². The van der Waals surface area contributed by atoms with Crippen molar-refractivity contribution in [3.05, 3.63) is 35.4 Å². The monoisotopic (exact) mass is 292 g/mol. The fourth-order valence-electron chi connectivity index (χ4n) is 2.34. The van der Waals surface area contributed by atoms with Gasteiger partial charge in [0.25, 0.3) is 0 Å². The Morgan fingerprint density at radius 1 is 1.14 bits per heavy atom. The van der Waals surface area contributed by atoms with Crippen molar-refractivity contribution in [3.8, 4) is 0 Å². The number of likely N-dealkylation sites (N-methyl/N-ethyl adjacent to an activating group) is 1. The van der Waals surface area contributed by atoms with Gasteiger partial charge in [0, 0.05) is 12.6 Å². The molecule has 1 unspecified atom stereocenters. The van der Waals surface area contributed by atoms with Crippen molar-refractivity contribution in [2.75, 3.05) is 33.3 Å². The lowest BCUT2D eigenvalue weighted by Gasteiger charge is -2.23. The summed E-state index contributed by atoms with van der Waals surface area (Å²) < 4.78 is 5.61. The maximum absolute atomic E-state index is 5.61. The number of ether oxygens (including phenoxy) is 1. The largest absolute Gasteiger partial charge is 0.377 e. The van der Waals surface area contributed by atoms with Crippen LogP contribution in [0.25, 0.3) is 0 Å². The summed E-state index contributed by atoms with van der Waals surface area (Å²) in [6.45, 7) is 12.3. The molecule has 0 bridgehead atoms. The first-order valence-corrected chi connectivity index (χ1v) is 8.13. The lowest BCUT2D eigenvalue weighted by molar-refractivity contribution is 0.0632. The molecule has 0 heterocycles. The van der Waals surface area contributed by atoms with Crippen molar-refractivity contribution in [3.63, 3.8) is 0 Å². The molecule has 0 aromatic heterocycles. The predicted molar refractivity (Wildman–Crippen MR) is 90.8 cm³/mol. The smallest absolute Gasteiger partial charge is 0.0596 e. The van der Waals surface area contributed by atoms with E-state index in [2.05, 4.69) is 69.2 Å². The first-order chi connectivity index (χ1) is 10.0. The van der Waals surface area contributed by atoms with Gasteiger partial charge in [-0.2, -0.15) is 0 Å². The van der Waals surface area contributed by atoms with Crippen LogP contribution in [-0.2, 0) is 4.74 Å². The average molecular weight is 292 g/mol. The standard InChI is InChI=1S/C18H32N2O/c1-6-19-18(17-9-7-16(4)8-10-17)11-12-20(5)13-14-21-15(2)3/h7-10,15,18-19H,6,11-14H2,1-5H3. The van der Waals surface area contributed by atoms with Crippen LogP contribution in [-0.4, -0.2) is 44.3 Å². The van der Waals surface area contributed by atoms with E-state index in [1.165, 1.54) is 11.1 Å². The Hall–Kier alpha value is -0.900. The predicted octanol–water partition coefficient (Wildman–Crippen LogP) is 3.39. The van der Waals surface area contributed by atoms with Gasteiger partial charge in [-0.3, -0.25) is 0 Å². The maximum atomic E-state index is 5.61. The van der Waals surface area contributed by atoms with Gasteiger partial charge < -0.3 is 15.0 Å². The summed E-state index contributed by atoms with van der Waals surface area (Å²) in [7, 11) is 2.17. The van der Waals surface area contributed by atoms with Gasteiger partial charge in [-0.05, 0) is 52.9 Å². The summed E-state index contributed by atoms with van der Waals surface area (Å²) in [5.41, 5.74) is 2.70. The second-order valence-corrected chi connectivity index (χ2v) is 6.03. The first kappa shape index (κ1) is 18.1. The van der Waals surface area contributed by atoms with Crippen LogP contribution in [0.4, 0.5) is 0 Å². The van der Waals surface area contributed by atoms with Crippen molar-refractivity contribution < 1.29 is 4.74 Å². The van der Waals surface area contributed by atoms with E-state index >= 15 is 0 Å². The molecule has 0 aliphatic heterocycles. The molecule has 21 heavy (non-hydrogen) atoms. The quantitative estimate of drug-likeness (QED) is 0.715. The molecule has 0 amide bonds. The summed E-state index contributed by atoms with van der Waals surface area (Å²) in [4.78, 5) is 2.35. The Balaban J connectivity index is 2.42. The summed E-state index contributed by atoms with van der Waals surface area (Å²) in [6, 6.07) is 9.30. The van der Waals surface area contributed by atoms with Gasteiger partial charge in [-0.25, -0.2) is 0 Å². The van der Waals surface area contributed by atoms with Gasteiger partial charge in [-0.1, -0.05) is 36.8 Å². The molecule has 1 aromatic rings. The lowest BCUT2D eigenvalue weighted by atomic mass is 10.0. The van der Waals surface area contributed by atoms with E-state index in [1.807, 2.05) is 0 Å². The molecular formula is C18H32N2O. The maximum Gasteiger partial charge on any atom is 0.0596 e. The third kappa shape index (κ3) is 7.60. The van der Waals surface area contributed by atoms with Crippen LogP contribution in [0.1, 0.15) is 44.4 Å². The zero-order valence-corrected chi connectivity index (χ0v) is 14.4. The summed E-state index contributed by atoms with van der Waals surface area (Å²) in [5, 5.41) is 3.59. The van der Waals surface area contributed by atoms with E-state index in [1.54, 1.807) is 0 Å². The Kier molecular flexibility index (Phi) is 8.58. The third-order valence-electron chi connectivity index (χ3n) is 3.65. The number of nitrogens with zero attached hydrogens (tertiary/aromatic N) is 1. The van der Waals surface area contributed by atoms with Gasteiger partial charge in [-0.15, -0.1) is 0 Å². The van der Waals surface area contributed by atoms with Crippen LogP contribution < -0.4 is 5.32 Å². The highest BCUT2D eigenvalue weighted by molar-refractivity contribution is 5.24. The second kappa shape index (κ2) is 9.93. The fraction of sp³-hybridized carbons (Fsp3) is 0.667. The van der Waals surface area contributed by atoms with Crippen molar-refractivity contribution in [2.24, 2.45) is 0 Å². The fourth-order valence-corrected chi connectivity index (χ4v) is 2.34. The number of aryl methyl sites for hydroxylation is 1. The lowest BCUT2D eigenvalue weighted by Crippen LogP contribution is -2.29. The van der Waals surface area contributed by atoms with Crippen LogP contribution in [0.15, 0.2) is 24.3 Å². The number of benzene rings is 1. The molecule has 0 radical (unpaired) electrons. The normalized spacial score (nSPS) is 13.1. The molecule has 3 nitrogen and oxygen atoms in total. The van der Waals surface area contributed by atoms with Gasteiger partial charge in [0.2, 0.25) is 0 Å². The second-order valence-electron chi connectivity index (χ2n) is 6.03. The minimum absolute atomic E-state index is 0.320. The van der Waals surface area contributed by atoms with E-state index in [-0.39, 0.29) is 0 Å². The SMILES string of the molecule is CCNC(CCN(C)CCOC(C)C)c1ccc(C)cc1. The topological polar surface area (TPSA) is 24.5 Å². The molecule has 0 fully saturated rings. The Morgan fingerprint density at radius 3 is 2.38 bits per heavy atom. The van der Waals surface area contributed by atoms with Crippen LogP contribution in [0.5, 0.6) is 0 Å². The molecule has 0 saturated heterocycles. The van der Waals surface area contributed by atoms with Gasteiger partial charge >= 0.3 is 0 Å². The van der Waals surface area contributed by atoms with Crippen LogP contribution >= 0.6 is 0 Å². The van der Waals surface area contributed by atoms with Crippen LogP contribution in [0.3, 0.4) is 0 Å². The van der Waals surface area contributed by atoms with Gasteiger partial charge in [0.05, 0.1) is 12.7 Å².